The van der Waals surface area contributed by atoms with E-state index in [4.69, 9.17) is 9.47 Å². The van der Waals surface area contributed by atoms with Gasteiger partial charge in [-0.05, 0) is 47.5 Å². The summed E-state index contributed by atoms with van der Waals surface area (Å²) in [5.41, 5.74) is 2.33. The minimum Gasteiger partial charge on any atom is -0.497 e. The van der Waals surface area contributed by atoms with E-state index < -0.39 is 0 Å². The molecule has 0 saturated heterocycles. The molecule has 0 unspecified atom stereocenters. The van der Waals surface area contributed by atoms with Gasteiger partial charge in [0.1, 0.15) is 11.5 Å². The molecule has 5 heteroatoms. The molecule has 132 valence electrons. The molecular weight excluding hydrogens is 328 g/mol. The van der Waals surface area contributed by atoms with Crippen LogP contribution in [0.15, 0.2) is 73.1 Å². The van der Waals surface area contributed by atoms with Crippen LogP contribution in [0.4, 0.5) is 0 Å². The van der Waals surface area contributed by atoms with Gasteiger partial charge in [-0.25, -0.2) is 0 Å². The van der Waals surface area contributed by atoms with Gasteiger partial charge in [-0.1, -0.05) is 24.3 Å². The molecule has 1 atom stereocenters. The summed E-state index contributed by atoms with van der Waals surface area (Å²) in [5.74, 6) is 1.17. The van der Waals surface area contributed by atoms with Crippen molar-refractivity contribution in [1.82, 2.24) is 10.3 Å². The molecule has 1 N–H and O–H groups in total. The van der Waals surface area contributed by atoms with Gasteiger partial charge in [0.2, 0.25) is 0 Å². The first-order valence-corrected chi connectivity index (χ1v) is 8.20. The largest absolute Gasteiger partial charge is 0.497 e. The predicted molar refractivity (Wildman–Crippen MR) is 99.5 cm³/mol. The van der Waals surface area contributed by atoms with Crippen LogP contribution in [0.5, 0.6) is 11.5 Å². The molecule has 0 fully saturated rings. The highest BCUT2D eigenvalue weighted by Crippen LogP contribution is 2.25. The highest BCUT2D eigenvalue weighted by molar-refractivity contribution is 5.95. The van der Waals surface area contributed by atoms with Gasteiger partial charge in [-0.15, -0.1) is 0 Å². The first-order chi connectivity index (χ1) is 12.7. The molecule has 0 saturated carbocycles. The maximum atomic E-state index is 12.8. The van der Waals surface area contributed by atoms with Crippen LogP contribution in [0.25, 0.3) is 0 Å². The molecule has 0 aliphatic rings. The van der Waals surface area contributed by atoms with Gasteiger partial charge in [0.25, 0.3) is 5.91 Å². The molecule has 1 aromatic heterocycles. The van der Waals surface area contributed by atoms with E-state index in [0.717, 1.165) is 16.9 Å². The molecule has 2 aromatic carbocycles. The van der Waals surface area contributed by atoms with Gasteiger partial charge in [-0.2, -0.15) is 0 Å². The van der Waals surface area contributed by atoms with Crippen LogP contribution in [-0.2, 0) is 0 Å². The van der Waals surface area contributed by atoms with E-state index in [2.05, 4.69) is 10.3 Å². The average Bonchev–Trinajstić information content (AvgIpc) is 2.72. The summed E-state index contributed by atoms with van der Waals surface area (Å²) in [6.45, 7) is 0. The molecule has 0 spiro atoms. The van der Waals surface area contributed by atoms with E-state index in [9.17, 15) is 4.79 Å². The molecule has 1 amide bonds. The Balaban J connectivity index is 1.94. The molecule has 0 aliphatic heterocycles. The number of hydrogen-bond donors (Lipinski definition) is 1. The number of methoxy groups -OCH3 is 2. The summed E-state index contributed by atoms with van der Waals surface area (Å²) in [5, 5.41) is 3.08. The number of carbonyl (C=O) groups excluding carboxylic acids is 1. The zero-order valence-corrected chi connectivity index (χ0v) is 14.7. The Morgan fingerprint density at radius 2 is 1.62 bits per heavy atom. The Bertz CT molecular complexity index is 881. The number of aromatic nitrogens is 1. The Morgan fingerprint density at radius 1 is 0.923 bits per heavy atom. The van der Waals surface area contributed by atoms with Crippen molar-refractivity contribution in [2.24, 2.45) is 0 Å². The first kappa shape index (κ1) is 17.5. The number of carbonyl (C=O) groups is 1. The Kier molecular flexibility index (Phi) is 5.49. The third kappa shape index (κ3) is 4.00. The Hall–Kier alpha value is -3.34. The van der Waals surface area contributed by atoms with E-state index in [1.54, 1.807) is 50.9 Å². The highest BCUT2D eigenvalue weighted by Gasteiger charge is 2.19. The summed E-state index contributed by atoms with van der Waals surface area (Å²) in [7, 11) is 3.19. The van der Waals surface area contributed by atoms with Crippen LogP contribution in [0.2, 0.25) is 0 Å². The second-order valence-electron chi connectivity index (χ2n) is 5.70. The maximum absolute atomic E-state index is 12.8. The van der Waals surface area contributed by atoms with E-state index in [1.807, 2.05) is 36.4 Å². The smallest absolute Gasteiger partial charge is 0.252 e. The van der Waals surface area contributed by atoms with E-state index in [0.29, 0.717) is 11.3 Å². The number of nitrogens with one attached hydrogen (secondary N) is 1. The van der Waals surface area contributed by atoms with E-state index in [1.165, 1.54) is 0 Å². The lowest BCUT2D eigenvalue weighted by Crippen LogP contribution is -2.29. The minimum absolute atomic E-state index is 0.194. The van der Waals surface area contributed by atoms with Crippen LogP contribution in [0.3, 0.4) is 0 Å². The SMILES string of the molecule is COc1cccc(C(=O)N[C@@H](c2cccnc2)c2cccc(OC)c2)c1. The fourth-order valence-corrected chi connectivity index (χ4v) is 2.71. The van der Waals surface area contributed by atoms with Crippen LogP contribution in [0, 0.1) is 0 Å². The van der Waals surface area contributed by atoms with Crippen molar-refractivity contribution in [3.63, 3.8) is 0 Å². The summed E-state index contributed by atoms with van der Waals surface area (Å²) in [6, 6.07) is 18.1. The average molecular weight is 348 g/mol. The second-order valence-corrected chi connectivity index (χ2v) is 5.70. The quantitative estimate of drug-likeness (QED) is 0.739. The summed E-state index contributed by atoms with van der Waals surface area (Å²) < 4.78 is 10.5. The van der Waals surface area contributed by atoms with Crippen LogP contribution >= 0.6 is 0 Å². The van der Waals surface area contributed by atoms with Crippen molar-refractivity contribution < 1.29 is 14.3 Å². The first-order valence-electron chi connectivity index (χ1n) is 8.20. The Labute approximate surface area is 152 Å². The van der Waals surface area contributed by atoms with Crippen molar-refractivity contribution in [2.75, 3.05) is 14.2 Å². The summed E-state index contributed by atoms with van der Waals surface area (Å²) in [4.78, 5) is 17.0. The van der Waals surface area contributed by atoms with Crippen molar-refractivity contribution >= 4 is 5.91 Å². The number of pyridine rings is 1. The van der Waals surface area contributed by atoms with Crippen LogP contribution in [0.1, 0.15) is 27.5 Å². The molecule has 3 aromatic rings. The van der Waals surface area contributed by atoms with Gasteiger partial charge in [0.15, 0.2) is 0 Å². The molecular formula is C21H20N2O3. The van der Waals surface area contributed by atoms with Gasteiger partial charge >= 0.3 is 0 Å². The van der Waals surface area contributed by atoms with Gasteiger partial charge in [-0.3, -0.25) is 9.78 Å². The number of hydrogen-bond acceptors (Lipinski definition) is 4. The lowest BCUT2D eigenvalue weighted by atomic mass is 9.99. The second kappa shape index (κ2) is 8.16. The van der Waals surface area contributed by atoms with Crippen molar-refractivity contribution in [3.8, 4) is 11.5 Å². The maximum Gasteiger partial charge on any atom is 0.252 e. The molecule has 26 heavy (non-hydrogen) atoms. The van der Waals surface area contributed by atoms with E-state index >= 15 is 0 Å². The minimum atomic E-state index is -0.350. The highest BCUT2D eigenvalue weighted by atomic mass is 16.5. The molecule has 0 aliphatic carbocycles. The van der Waals surface area contributed by atoms with E-state index in [-0.39, 0.29) is 11.9 Å². The van der Waals surface area contributed by atoms with Crippen molar-refractivity contribution in [3.05, 3.63) is 89.7 Å². The third-order valence-electron chi connectivity index (χ3n) is 4.05. The molecule has 5 nitrogen and oxygen atoms in total. The van der Waals surface area contributed by atoms with Gasteiger partial charge in [0, 0.05) is 18.0 Å². The summed E-state index contributed by atoms with van der Waals surface area (Å²) >= 11 is 0. The number of nitrogens with zero attached hydrogens (tertiary/aromatic N) is 1. The predicted octanol–water partition coefficient (Wildman–Crippen LogP) is 3.62. The monoisotopic (exact) mass is 348 g/mol. The van der Waals surface area contributed by atoms with Gasteiger partial charge in [0.05, 0.1) is 20.3 Å². The third-order valence-corrected chi connectivity index (χ3v) is 4.05. The molecule has 0 radical (unpaired) electrons. The normalized spacial score (nSPS) is 11.5. The number of amides is 1. The molecule has 3 rings (SSSR count). The van der Waals surface area contributed by atoms with Gasteiger partial charge < -0.3 is 14.8 Å². The van der Waals surface area contributed by atoms with Crippen molar-refractivity contribution in [2.45, 2.75) is 6.04 Å². The zero-order valence-electron chi connectivity index (χ0n) is 14.7. The van der Waals surface area contributed by atoms with Crippen molar-refractivity contribution in [1.29, 1.82) is 0 Å². The molecule has 0 bridgehead atoms. The number of rotatable bonds is 6. The van der Waals surface area contributed by atoms with Crippen LogP contribution in [-0.4, -0.2) is 25.1 Å². The zero-order chi connectivity index (χ0) is 18.4. The Morgan fingerprint density at radius 3 is 2.31 bits per heavy atom. The fourth-order valence-electron chi connectivity index (χ4n) is 2.71. The lowest BCUT2D eigenvalue weighted by molar-refractivity contribution is 0.0942. The topological polar surface area (TPSA) is 60.5 Å². The lowest BCUT2D eigenvalue weighted by Gasteiger charge is -2.20. The number of benzene rings is 2. The summed E-state index contributed by atoms with van der Waals surface area (Å²) in [6.07, 6.45) is 3.45. The van der Waals surface area contributed by atoms with Crippen LogP contribution < -0.4 is 14.8 Å². The standard InChI is InChI=1S/C21H20N2O3/c1-25-18-9-3-6-15(12-18)20(17-8-5-11-22-14-17)23-21(24)16-7-4-10-19(13-16)26-2/h3-14,20H,1-2H3,(H,23,24)/t20-/m1/s1. The number of ether oxygens (including phenoxy) is 2. The fraction of sp³-hybridized carbons (Fsp3) is 0.143. The molecule has 1 heterocycles.